The van der Waals surface area contributed by atoms with Crippen molar-refractivity contribution in [3.63, 3.8) is 0 Å². The molecule has 0 unspecified atom stereocenters. The molecule has 2 aromatic heterocycles. The zero-order chi connectivity index (χ0) is 31.8. The Bertz CT molecular complexity index is 1750. The van der Waals surface area contributed by atoms with Crippen molar-refractivity contribution >= 4 is 34.5 Å². The van der Waals surface area contributed by atoms with Crippen LogP contribution in [0.5, 0.6) is 0 Å². The van der Waals surface area contributed by atoms with Crippen molar-refractivity contribution in [2.75, 3.05) is 23.8 Å². The third kappa shape index (κ3) is 8.06. The molecule has 0 aliphatic carbocycles. The number of carbonyl (C=O) groups excluding carboxylic acids is 2. The highest BCUT2D eigenvalue weighted by atomic mass is 32.1. The second kappa shape index (κ2) is 14.8. The van der Waals surface area contributed by atoms with Crippen LogP contribution >= 0.6 is 11.3 Å². The molecule has 2 amide bonds. The summed E-state index contributed by atoms with van der Waals surface area (Å²) in [6, 6.07) is 27.7. The minimum absolute atomic E-state index is 0.0129. The van der Waals surface area contributed by atoms with Crippen molar-refractivity contribution in [1.82, 2.24) is 10.1 Å². The highest BCUT2D eigenvalue weighted by molar-refractivity contribution is 7.12. The van der Waals surface area contributed by atoms with E-state index in [0.29, 0.717) is 36.0 Å². The van der Waals surface area contributed by atoms with E-state index in [1.807, 2.05) is 78.0 Å². The number of amides is 2. The Morgan fingerprint density at radius 2 is 1.64 bits per heavy atom. The smallest absolute Gasteiger partial charge is 0.277 e. The van der Waals surface area contributed by atoms with Gasteiger partial charge in [-0.05, 0) is 70.8 Å². The number of anilines is 2. The predicted octanol–water partition coefficient (Wildman–Crippen LogP) is 7.50. The summed E-state index contributed by atoms with van der Waals surface area (Å²) < 4.78 is 5.13. The van der Waals surface area contributed by atoms with Crippen LogP contribution in [-0.2, 0) is 19.6 Å². The number of aryl methyl sites for hydroxylation is 1. The molecule has 0 bridgehead atoms. The number of carbonyl (C=O) groups is 2. The van der Waals surface area contributed by atoms with Gasteiger partial charge in [0.25, 0.3) is 11.8 Å². The number of thiophene rings is 1. The monoisotopic (exact) mass is 621 g/mol. The fourth-order valence-corrected chi connectivity index (χ4v) is 5.92. The van der Waals surface area contributed by atoms with Gasteiger partial charge >= 0.3 is 0 Å². The van der Waals surface area contributed by atoms with E-state index in [0.717, 1.165) is 52.9 Å². The average molecular weight is 622 g/mol. The molecular formula is C36H39N5O3S. The van der Waals surface area contributed by atoms with Gasteiger partial charge in [-0.15, -0.1) is 11.3 Å². The lowest BCUT2D eigenvalue weighted by Gasteiger charge is -2.24. The molecule has 232 valence electrons. The lowest BCUT2D eigenvalue weighted by molar-refractivity contribution is 0.0734. The van der Waals surface area contributed by atoms with E-state index >= 15 is 0 Å². The molecule has 0 aliphatic heterocycles. The van der Waals surface area contributed by atoms with Crippen LogP contribution in [0.3, 0.4) is 0 Å². The molecule has 0 saturated heterocycles. The van der Waals surface area contributed by atoms with Gasteiger partial charge in [-0.3, -0.25) is 9.59 Å². The Kier molecular flexibility index (Phi) is 10.4. The number of nitrogens with one attached hydrogen (secondary N) is 1. The summed E-state index contributed by atoms with van der Waals surface area (Å²) in [5.74, 6) is 0.232. The van der Waals surface area contributed by atoms with Crippen molar-refractivity contribution in [3.05, 3.63) is 123 Å². The fraction of sp³-hybridized carbons (Fsp3) is 0.250. The quantitative estimate of drug-likeness (QED) is 0.141. The number of hydrogen-bond donors (Lipinski definition) is 2. The molecule has 9 heteroatoms. The molecular weight excluding hydrogens is 582 g/mol. The van der Waals surface area contributed by atoms with Gasteiger partial charge in [-0.25, -0.2) is 0 Å². The van der Waals surface area contributed by atoms with Crippen LogP contribution in [-0.4, -0.2) is 35.5 Å². The van der Waals surface area contributed by atoms with Crippen molar-refractivity contribution < 1.29 is 14.1 Å². The van der Waals surface area contributed by atoms with Crippen LogP contribution in [0.25, 0.3) is 11.1 Å². The lowest BCUT2D eigenvalue weighted by atomic mass is 10.0. The Balaban J connectivity index is 1.44. The summed E-state index contributed by atoms with van der Waals surface area (Å²) >= 11 is 1.44. The molecule has 45 heavy (non-hydrogen) atoms. The molecule has 3 aromatic carbocycles. The Morgan fingerprint density at radius 3 is 2.33 bits per heavy atom. The van der Waals surface area contributed by atoms with Crippen LogP contribution in [0, 0.1) is 6.92 Å². The van der Waals surface area contributed by atoms with Gasteiger partial charge in [0.15, 0.2) is 5.69 Å². The van der Waals surface area contributed by atoms with Gasteiger partial charge < -0.3 is 25.4 Å². The number of rotatable bonds is 13. The molecule has 5 rings (SSSR count). The summed E-state index contributed by atoms with van der Waals surface area (Å²) in [7, 11) is 2.03. The molecule has 0 aliphatic rings. The first kappa shape index (κ1) is 31.7. The first-order valence-corrected chi connectivity index (χ1v) is 16.0. The minimum Gasteiger partial charge on any atom is -0.373 e. The normalized spacial score (nSPS) is 10.9. The van der Waals surface area contributed by atoms with Gasteiger partial charge in [0.2, 0.25) is 0 Å². The summed E-state index contributed by atoms with van der Waals surface area (Å²) in [6.07, 6.45) is 2.10. The fourth-order valence-electron chi connectivity index (χ4n) is 5.22. The molecule has 0 fully saturated rings. The summed E-state index contributed by atoms with van der Waals surface area (Å²) in [6.45, 7) is 6.12. The van der Waals surface area contributed by atoms with Crippen molar-refractivity contribution in [2.45, 2.75) is 46.3 Å². The van der Waals surface area contributed by atoms with Crippen LogP contribution in [0.2, 0.25) is 0 Å². The molecule has 5 aromatic rings. The molecule has 3 N–H and O–H groups in total. The molecule has 0 radical (unpaired) electrons. The van der Waals surface area contributed by atoms with Crippen LogP contribution in [0.15, 0.2) is 94.8 Å². The van der Waals surface area contributed by atoms with E-state index < -0.39 is 0 Å². The first-order valence-electron chi connectivity index (χ1n) is 15.1. The predicted molar refractivity (Wildman–Crippen MR) is 181 cm³/mol. The third-order valence-corrected chi connectivity index (χ3v) is 8.47. The van der Waals surface area contributed by atoms with E-state index in [2.05, 4.69) is 40.5 Å². The summed E-state index contributed by atoms with van der Waals surface area (Å²) in [5, 5.41) is 8.87. The van der Waals surface area contributed by atoms with Gasteiger partial charge in [-0.2, -0.15) is 0 Å². The summed E-state index contributed by atoms with van der Waals surface area (Å²) in [5.41, 5.74) is 12.7. The number of hydrogen-bond acceptors (Lipinski definition) is 7. The van der Waals surface area contributed by atoms with E-state index in [1.54, 1.807) is 13.0 Å². The summed E-state index contributed by atoms with van der Waals surface area (Å²) in [4.78, 5) is 31.4. The molecule has 0 saturated carbocycles. The van der Waals surface area contributed by atoms with E-state index in [-0.39, 0.29) is 17.5 Å². The van der Waals surface area contributed by atoms with Gasteiger partial charge in [0.05, 0.1) is 16.3 Å². The topological polar surface area (TPSA) is 105 Å². The minimum atomic E-state index is -0.329. The van der Waals surface area contributed by atoms with Crippen molar-refractivity contribution in [1.29, 1.82) is 0 Å². The maximum atomic E-state index is 13.6. The first-order chi connectivity index (χ1) is 21.8. The zero-order valence-electron chi connectivity index (χ0n) is 26.0. The van der Waals surface area contributed by atoms with Gasteiger partial charge in [0, 0.05) is 39.3 Å². The largest absolute Gasteiger partial charge is 0.373 e. The SMILES string of the molecule is CCCCN(C)c1ccc(-c2cccc(CN(Cc3cccc(CN)c3)C(=O)c3cccs3)c2)cc1NC(=O)c1cc(C)on1. The van der Waals surface area contributed by atoms with E-state index in [1.165, 1.54) is 11.3 Å². The maximum absolute atomic E-state index is 13.6. The number of unbranched alkanes of at least 4 members (excludes halogenated alkanes) is 1. The van der Waals surface area contributed by atoms with Crippen molar-refractivity contribution in [3.8, 4) is 11.1 Å². The standard InChI is InChI=1S/C36H39N5O3S/c1-4-5-16-40(3)33-15-14-30(21-31(33)38-35(42)32-18-25(2)44-39-32)29-12-7-11-28(20-29)24-41(36(43)34-13-8-17-45-34)23-27-10-6-9-26(19-27)22-37/h6-15,17-21H,4-5,16,22-24,37H2,1-3H3,(H,38,42). The number of nitrogens with two attached hydrogens (primary N) is 1. The number of nitrogens with zero attached hydrogens (tertiary/aromatic N) is 3. The zero-order valence-corrected chi connectivity index (χ0v) is 26.8. The Labute approximate surface area is 268 Å². The van der Waals surface area contributed by atoms with Crippen LogP contribution < -0.4 is 16.0 Å². The average Bonchev–Trinajstić information content (AvgIpc) is 3.76. The van der Waals surface area contributed by atoms with Gasteiger partial charge in [-0.1, -0.05) is 73.1 Å². The van der Waals surface area contributed by atoms with E-state index in [9.17, 15) is 9.59 Å². The molecule has 2 heterocycles. The van der Waals surface area contributed by atoms with E-state index in [4.69, 9.17) is 10.3 Å². The van der Waals surface area contributed by atoms with Crippen LogP contribution in [0.4, 0.5) is 11.4 Å². The highest BCUT2D eigenvalue weighted by Crippen LogP contribution is 2.32. The molecule has 0 spiro atoms. The molecule has 0 atom stereocenters. The van der Waals surface area contributed by atoms with Crippen LogP contribution in [0.1, 0.15) is 62.4 Å². The lowest BCUT2D eigenvalue weighted by Crippen LogP contribution is -2.29. The Hall–Kier alpha value is -4.73. The number of aromatic nitrogens is 1. The van der Waals surface area contributed by atoms with Crippen molar-refractivity contribution in [2.24, 2.45) is 5.73 Å². The third-order valence-electron chi connectivity index (χ3n) is 7.62. The second-order valence-electron chi connectivity index (χ2n) is 11.1. The van der Waals surface area contributed by atoms with Gasteiger partial charge in [0.1, 0.15) is 5.76 Å². The second-order valence-corrected chi connectivity index (χ2v) is 12.1. The highest BCUT2D eigenvalue weighted by Gasteiger charge is 2.19. The maximum Gasteiger partial charge on any atom is 0.277 e. The number of benzene rings is 3. The Morgan fingerprint density at radius 1 is 0.911 bits per heavy atom. The molecule has 8 nitrogen and oxygen atoms in total.